The SMILES string of the molecule is CCOc1c(OC)cccc1C(=O)Nc1c(C)n(C)n(-c2ccccc2)c1=O. The highest BCUT2D eigenvalue weighted by Gasteiger charge is 2.22. The molecule has 0 unspecified atom stereocenters. The second kappa shape index (κ2) is 8.04. The second-order valence-electron chi connectivity index (χ2n) is 6.16. The van der Waals surface area contributed by atoms with E-state index in [1.165, 1.54) is 11.8 Å². The van der Waals surface area contributed by atoms with Crippen LogP contribution in [-0.2, 0) is 7.05 Å². The monoisotopic (exact) mass is 381 g/mol. The van der Waals surface area contributed by atoms with Crippen LogP contribution in [0.5, 0.6) is 11.5 Å². The van der Waals surface area contributed by atoms with Gasteiger partial charge < -0.3 is 14.8 Å². The van der Waals surface area contributed by atoms with Gasteiger partial charge in [-0.15, -0.1) is 0 Å². The summed E-state index contributed by atoms with van der Waals surface area (Å²) in [5.74, 6) is 0.372. The Morgan fingerprint density at radius 1 is 1.11 bits per heavy atom. The molecule has 0 saturated carbocycles. The van der Waals surface area contributed by atoms with Gasteiger partial charge in [0.05, 0.1) is 30.7 Å². The van der Waals surface area contributed by atoms with Gasteiger partial charge in [-0.05, 0) is 38.1 Å². The van der Waals surface area contributed by atoms with E-state index in [1.54, 1.807) is 36.9 Å². The second-order valence-corrected chi connectivity index (χ2v) is 6.16. The molecule has 28 heavy (non-hydrogen) atoms. The lowest BCUT2D eigenvalue weighted by Gasteiger charge is -2.13. The Morgan fingerprint density at radius 2 is 1.82 bits per heavy atom. The minimum atomic E-state index is -0.437. The zero-order valence-electron chi connectivity index (χ0n) is 16.4. The molecule has 7 nitrogen and oxygen atoms in total. The van der Waals surface area contributed by atoms with Crippen molar-refractivity contribution in [1.82, 2.24) is 9.36 Å². The van der Waals surface area contributed by atoms with Crippen LogP contribution >= 0.6 is 0 Å². The molecule has 7 heteroatoms. The molecule has 0 atom stereocenters. The number of benzene rings is 2. The van der Waals surface area contributed by atoms with Gasteiger partial charge in [0.1, 0.15) is 5.69 Å². The molecule has 0 radical (unpaired) electrons. The van der Waals surface area contributed by atoms with E-state index in [-0.39, 0.29) is 11.2 Å². The van der Waals surface area contributed by atoms with E-state index in [2.05, 4.69) is 5.32 Å². The predicted octanol–water partition coefficient (Wildman–Crippen LogP) is 3.14. The highest BCUT2D eigenvalue weighted by atomic mass is 16.5. The normalized spacial score (nSPS) is 10.6. The largest absolute Gasteiger partial charge is 0.493 e. The van der Waals surface area contributed by atoms with Crippen molar-refractivity contribution in [3.05, 3.63) is 70.1 Å². The van der Waals surface area contributed by atoms with E-state index < -0.39 is 5.91 Å². The van der Waals surface area contributed by atoms with Gasteiger partial charge in [0.15, 0.2) is 11.5 Å². The van der Waals surface area contributed by atoms with Crippen molar-refractivity contribution in [2.24, 2.45) is 7.05 Å². The smallest absolute Gasteiger partial charge is 0.295 e. The van der Waals surface area contributed by atoms with Gasteiger partial charge in [0.2, 0.25) is 0 Å². The number of hydrogen-bond donors (Lipinski definition) is 1. The summed E-state index contributed by atoms with van der Waals surface area (Å²) >= 11 is 0. The summed E-state index contributed by atoms with van der Waals surface area (Å²) in [4.78, 5) is 25.9. The molecule has 0 fully saturated rings. The summed E-state index contributed by atoms with van der Waals surface area (Å²) < 4.78 is 14.1. The van der Waals surface area contributed by atoms with Gasteiger partial charge in [0, 0.05) is 7.05 Å². The average molecular weight is 381 g/mol. The first-order valence-corrected chi connectivity index (χ1v) is 8.94. The highest BCUT2D eigenvalue weighted by Crippen LogP contribution is 2.31. The number of carbonyl (C=O) groups is 1. The van der Waals surface area contributed by atoms with Crippen LogP contribution in [-0.4, -0.2) is 29.0 Å². The lowest BCUT2D eigenvalue weighted by atomic mass is 10.1. The Bertz CT molecular complexity index is 1050. The van der Waals surface area contributed by atoms with Crippen molar-refractivity contribution in [2.75, 3.05) is 19.0 Å². The van der Waals surface area contributed by atoms with E-state index in [9.17, 15) is 9.59 Å². The van der Waals surface area contributed by atoms with Crippen LogP contribution in [0.1, 0.15) is 23.0 Å². The van der Waals surface area contributed by atoms with Gasteiger partial charge in [-0.2, -0.15) is 0 Å². The van der Waals surface area contributed by atoms with Crippen molar-refractivity contribution < 1.29 is 14.3 Å². The molecule has 0 saturated heterocycles. The number of methoxy groups -OCH3 is 1. The number of nitrogens with zero attached hydrogens (tertiary/aromatic N) is 2. The van der Waals surface area contributed by atoms with Crippen molar-refractivity contribution >= 4 is 11.6 Å². The quantitative estimate of drug-likeness (QED) is 0.712. The Hall–Kier alpha value is -3.48. The Morgan fingerprint density at radius 3 is 2.46 bits per heavy atom. The number of hydrogen-bond acceptors (Lipinski definition) is 4. The zero-order valence-corrected chi connectivity index (χ0v) is 16.4. The number of anilines is 1. The van der Waals surface area contributed by atoms with Gasteiger partial charge >= 0.3 is 0 Å². The third-order valence-electron chi connectivity index (χ3n) is 4.52. The number of ether oxygens (including phenoxy) is 2. The summed E-state index contributed by atoms with van der Waals surface area (Å²) in [6.45, 7) is 3.99. The van der Waals surface area contributed by atoms with E-state index in [4.69, 9.17) is 9.47 Å². The molecule has 3 rings (SSSR count). The van der Waals surface area contributed by atoms with Crippen molar-refractivity contribution in [3.63, 3.8) is 0 Å². The van der Waals surface area contributed by atoms with E-state index >= 15 is 0 Å². The first-order valence-electron chi connectivity index (χ1n) is 8.94. The third-order valence-corrected chi connectivity index (χ3v) is 4.52. The molecule has 0 spiro atoms. The molecule has 1 amide bonds. The minimum absolute atomic E-state index is 0.224. The molecule has 3 aromatic rings. The molecule has 0 aliphatic heterocycles. The molecule has 146 valence electrons. The van der Waals surface area contributed by atoms with Crippen LogP contribution in [0.4, 0.5) is 5.69 Å². The van der Waals surface area contributed by atoms with E-state index in [1.807, 2.05) is 37.3 Å². The van der Waals surface area contributed by atoms with Crippen molar-refractivity contribution in [2.45, 2.75) is 13.8 Å². The molecular formula is C21H23N3O4. The maximum absolute atomic E-state index is 13.0. The molecule has 2 aromatic carbocycles. The lowest BCUT2D eigenvalue weighted by molar-refractivity contribution is 0.102. The standard InChI is InChI=1S/C21H23N3O4/c1-5-28-19-16(12-9-13-17(19)27-4)20(25)22-18-14(2)23(3)24(21(18)26)15-10-7-6-8-11-15/h6-13H,5H2,1-4H3,(H,22,25). The molecular weight excluding hydrogens is 358 g/mol. The molecule has 1 heterocycles. The highest BCUT2D eigenvalue weighted by molar-refractivity contribution is 6.07. The molecule has 0 bridgehead atoms. The van der Waals surface area contributed by atoms with E-state index in [0.717, 1.165) is 5.69 Å². The number of rotatable bonds is 6. The van der Waals surface area contributed by atoms with Crippen LogP contribution in [0.25, 0.3) is 5.69 Å². The maximum Gasteiger partial charge on any atom is 0.295 e. The summed E-state index contributed by atoms with van der Waals surface area (Å²) in [7, 11) is 3.29. The lowest BCUT2D eigenvalue weighted by Crippen LogP contribution is -2.23. The van der Waals surface area contributed by atoms with Crippen LogP contribution in [0.2, 0.25) is 0 Å². The first-order chi connectivity index (χ1) is 13.5. The number of carbonyl (C=O) groups excluding carboxylic acids is 1. The number of nitrogens with one attached hydrogen (secondary N) is 1. The van der Waals surface area contributed by atoms with Gasteiger partial charge in [0.25, 0.3) is 11.5 Å². The minimum Gasteiger partial charge on any atom is -0.493 e. The van der Waals surface area contributed by atoms with Gasteiger partial charge in [-0.25, -0.2) is 4.68 Å². The number of para-hydroxylation sites is 2. The molecule has 0 aliphatic carbocycles. The zero-order chi connectivity index (χ0) is 20.3. The Kier molecular flexibility index (Phi) is 5.54. The Labute approximate surface area is 163 Å². The average Bonchev–Trinajstić information content (AvgIpc) is 2.92. The third kappa shape index (κ3) is 3.38. The van der Waals surface area contributed by atoms with Crippen LogP contribution in [0.3, 0.4) is 0 Å². The number of aromatic nitrogens is 2. The fraction of sp³-hybridized carbons (Fsp3) is 0.238. The fourth-order valence-corrected chi connectivity index (χ4v) is 3.04. The summed E-state index contributed by atoms with van der Waals surface area (Å²) in [5.41, 5.74) is 1.58. The van der Waals surface area contributed by atoms with Crippen LogP contribution in [0.15, 0.2) is 53.3 Å². The van der Waals surface area contributed by atoms with Gasteiger partial charge in [-0.3, -0.25) is 14.3 Å². The molecule has 0 aliphatic rings. The summed E-state index contributed by atoms with van der Waals surface area (Å²) in [6, 6.07) is 14.3. The van der Waals surface area contributed by atoms with Crippen molar-refractivity contribution in [3.8, 4) is 17.2 Å². The number of amides is 1. The molecule has 1 N–H and O–H groups in total. The predicted molar refractivity (Wildman–Crippen MR) is 108 cm³/mol. The summed E-state index contributed by atoms with van der Waals surface area (Å²) in [5, 5.41) is 2.75. The van der Waals surface area contributed by atoms with Crippen LogP contribution < -0.4 is 20.3 Å². The van der Waals surface area contributed by atoms with Gasteiger partial charge in [-0.1, -0.05) is 24.3 Å². The molecule has 1 aromatic heterocycles. The first kappa shape index (κ1) is 19.3. The van der Waals surface area contributed by atoms with Crippen LogP contribution in [0, 0.1) is 6.92 Å². The summed E-state index contributed by atoms with van der Waals surface area (Å²) in [6.07, 6.45) is 0. The van der Waals surface area contributed by atoms with E-state index in [0.29, 0.717) is 29.4 Å². The Balaban J connectivity index is 2.02. The van der Waals surface area contributed by atoms with Crippen molar-refractivity contribution in [1.29, 1.82) is 0 Å². The fourth-order valence-electron chi connectivity index (χ4n) is 3.04. The maximum atomic E-state index is 13.0. The topological polar surface area (TPSA) is 74.5 Å².